The molecule has 1 amide bonds. The maximum absolute atomic E-state index is 13.5. The smallest absolute Gasteiger partial charge is 0.337 e. The number of rotatable bonds is 13. The van der Waals surface area contributed by atoms with E-state index >= 15 is 0 Å². The SMILES string of the molecule is CN(C)CCN.CN(C)CCNC(=O)c1ccc2n[nH]c(S(=O)(=O)c3cccc4ccccc34)c2c1.COC(=O)c1ccc([N+](=O)[O-])cc1.Clc1cccc(CBr)c1.O=S(=O)(CCl)c1cccc2ccccc12. The molecule has 7 aromatic carbocycles. The third-order valence-corrected chi connectivity index (χ3v) is 15.1. The van der Waals surface area contributed by atoms with Gasteiger partial charge in [0.15, 0.2) is 14.9 Å². The molecule has 0 unspecified atom stereocenters. The van der Waals surface area contributed by atoms with E-state index in [1.165, 1.54) is 36.9 Å². The van der Waals surface area contributed by atoms with E-state index in [0.29, 0.717) is 45.4 Å². The summed E-state index contributed by atoms with van der Waals surface area (Å²) in [5.74, 6) is -0.761. The number of hydrogen-bond donors (Lipinski definition) is 3. The van der Waals surface area contributed by atoms with Crippen molar-refractivity contribution in [3.8, 4) is 0 Å². The molecule has 1 aromatic heterocycles. The van der Waals surface area contributed by atoms with Crippen LogP contribution in [0.15, 0.2) is 166 Å². The number of aromatic nitrogens is 2. The number of halogens is 3. The lowest BCUT2D eigenvalue weighted by atomic mass is 10.1. The lowest BCUT2D eigenvalue weighted by molar-refractivity contribution is -0.384. The highest BCUT2D eigenvalue weighted by Crippen LogP contribution is 2.31. The number of sulfone groups is 2. The van der Waals surface area contributed by atoms with Crippen LogP contribution in [0.3, 0.4) is 0 Å². The number of aromatic amines is 1. The van der Waals surface area contributed by atoms with E-state index in [9.17, 15) is 36.5 Å². The number of likely N-dealkylation sites (N-methyl/N-ethyl adjacent to an activating group) is 2. The van der Waals surface area contributed by atoms with Crippen LogP contribution in [0.25, 0.3) is 32.4 Å². The van der Waals surface area contributed by atoms with Gasteiger partial charge in [-0.1, -0.05) is 112 Å². The zero-order valence-corrected chi connectivity index (χ0v) is 45.4. The molecule has 16 nitrogen and oxygen atoms in total. The first-order chi connectivity index (χ1) is 34.8. The van der Waals surface area contributed by atoms with Crippen molar-refractivity contribution < 1.29 is 36.1 Å². The number of alkyl halides is 2. The number of nitro groups is 1. The summed E-state index contributed by atoms with van der Waals surface area (Å²) in [7, 11) is 1.88. The third kappa shape index (κ3) is 17.4. The quantitative estimate of drug-likeness (QED) is 0.0423. The minimum absolute atomic E-state index is 0.0169. The molecule has 8 rings (SSSR count). The zero-order valence-electron chi connectivity index (χ0n) is 40.7. The average Bonchev–Trinajstić information content (AvgIpc) is 3.83. The van der Waals surface area contributed by atoms with Crippen molar-refractivity contribution in [2.75, 3.05) is 66.7 Å². The van der Waals surface area contributed by atoms with Crippen LogP contribution in [0, 0.1) is 10.1 Å². The number of nitrogens with two attached hydrogens (primary N) is 1. The molecule has 386 valence electrons. The van der Waals surface area contributed by atoms with Gasteiger partial charge in [-0.05, 0) is 99.1 Å². The topological polar surface area (TPSA) is 228 Å². The van der Waals surface area contributed by atoms with Crippen LogP contribution < -0.4 is 11.1 Å². The number of carbonyl (C=O) groups excluding carboxylic acids is 2. The van der Waals surface area contributed by atoms with E-state index in [1.54, 1.807) is 54.6 Å². The van der Waals surface area contributed by atoms with E-state index in [-0.39, 0.29) is 26.7 Å². The van der Waals surface area contributed by atoms with Gasteiger partial charge in [-0.3, -0.25) is 20.0 Å². The number of nitrogens with one attached hydrogen (secondary N) is 2. The lowest BCUT2D eigenvalue weighted by Gasteiger charge is -2.10. The molecule has 0 bridgehead atoms. The van der Waals surface area contributed by atoms with Crippen molar-refractivity contribution in [3.63, 3.8) is 0 Å². The molecule has 0 fully saturated rings. The standard InChI is InChI=1S/C22H22N4O3S.C11H9ClO2S.C8H7NO4.C7H6BrCl.C4H12N2/c1-26(2)13-12-23-21(27)16-10-11-19-18(14-16)22(25-24-19)30(28,29)20-9-5-7-15-6-3-4-8-17(15)20;12-8-15(13,14)11-7-3-5-9-4-1-2-6-10(9)11;1-13-8(10)6-2-4-7(5-3-6)9(11)12;8-5-6-2-1-3-7(9)4-6;1-6(2)4-3-5/h3-11,14H,12-13H2,1-2H3,(H,23,27)(H,24,25);1-7H,8H2;2-5H,1H3;1-4H,5H2;3-5H2,1-2H3. The normalized spacial score (nSPS) is 11.0. The monoisotopic (exact) mass is 1140 g/mol. The van der Waals surface area contributed by atoms with Crippen LogP contribution in [0.2, 0.25) is 5.02 Å². The number of non-ortho nitro benzene ring substituents is 1. The van der Waals surface area contributed by atoms with Gasteiger partial charge in [0.2, 0.25) is 9.84 Å². The van der Waals surface area contributed by atoms with Crippen LogP contribution >= 0.6 is 39.1 Å². The Morgan fingerprint density at radius 3 is 1.79 bits per heavy atom. The van der Waals surface area contributed by atoms with Crippen molar-refractivity contribution in [1.82, 2.24) is 25.3 Å². The first-order valence-corrected chi connectivity index (χ1v) is 27.3. The lowest BCUT2D eigenvalue weighted by Crippen LogP contribution is -2.31. The molecule has 0 aliphatic carbocycles. The molecule has 0 radical (unpaired) electrons. The van der Waals surface area contributed by atoms with Gasteiger partial charge >= 0.3 is 5.97 Å². The molecule has 0 atom stereocenters. The second kappa shape index (κ2) is 28.8. The number of amides is 1. The van der Waals surface area contributed by atoms with Crippen LogP contribution in [-0.4, -0.2) is 120 Å². The van der Waals surface area contributed by atoms with Crippen molar-refractivity contribution >= 4 is 109 Å². The molecule has 0 aliphatic heterocycles. The number of esters is 1. The molecule has 0 saturated carbocycles. The van der Waals surface area contributed by atoms with E-state index < -0.39 is 30.6 Å². The second-order valence-corrected chi connectivity index (χ2v) is 21.6. The molecule has 0 saturated heterocycles. The van der Waals surface area contributed by atoms with Crippen molar-refractivity contribution in [2.24, 2.45) is 5.73 Å². The zero-order chi connectivity index (χ0) is 53.7. The summed E-state index contributed by atoms with van der Waals surface area (Å²) in [6.45, 7) is 2.95. The molecule has 0 aliphatic rings. The predicted octanol–water partition coefficient (Wildman–Crippen LogP) is 9.77. The fraction of sp³-hybridized carbons (Fsp3) is 0.212. The number of hydrogen-bond acceptors (Lipinski definition) is 13. The Bertz CT molecular complexity index is 3330. The molecular formula is C52H56BrCl2N7O9S2. The summed E-state index contributed by atoms with van der Waals surface area (Å²) < 4.78 is 54.7. The highest BCUT2D eigenvalue weighted by atomic mass is 79.9. The highest BCUT2D eigenvalue weighted by Gasteiger charge is 2.26. The fourth-order valence-electron chi connectivity index (χ4n) is 6.61. The summed E-state index contributed by atoms with van der Waals surface area (Å²) in [6, 6.07) is 42.9. The summed E-state index contributed by atoms with van der Waals surface area (Å²) in [4.78, 5) is 37.6. The molecule has 8 aromatic rings. The van der Waals surface area contributed by atoms with Crippen molar-refractivity contribution in [1.29, 1.82) is 0 Å². The maximum atomic E-state index is 13.5. The summed E-state index contributed by atoms with van der Waals surface area (Å²) in [6.07, 6.45) is 0. The first kappa shape index (κ1) is 59.3. The fourth-order valence-corrected chi connectivity index (χ4v) is 10.0. The van der Waals surface area contributed by atoms with E-state index in [4.69, 9.17) is 28.9 Å². The van der Waals surface area contributed by atoms with Gasteiger partial charge < -0.3 is 25.6 Å². The maximum Gasteiger partial charge on any atom is 0.337 e. The molecule has 0 spiro atoms. The Balaban J connectivity index is 0.000000224. The number of methoxy groups -OCH3 is 1. The second-order valence-electron chi connectivity index (χ2n) is 16.2. The number of H-pyrrole nitrogens is 1. The van der Waals surface area contributed by atoms with Gasteiger partial charge in [-0.25, -0.2) is 21.6 Å². The van der Waals surface area contributed by atoms with E-state index in [0.717, 1.165) is 39.6 Å². The van der Waals surface area contributed by atoms with Gasteiger partial charge in [0.1, 0.15) is 5.21 Å². The molecule has 4 N–H and O–H groups in total. The van der Waals surface area contributed by atoms with Gasteiger partial charge in [0.25, 0.3) is 11.6 Å². The minimum atomic E-state index is -3.88. The molecule has 1 heterocycles. The number of nitro benzene ring substituents is 1. The van der Waals surface area contributed by atoms with E-state index in [1.807, 2.05) is 106 Å². The number of carbonyl (C=O) groups is 2. The molecule has 21 heteroatoms. The predicted molar refractivity (Wildman–Crippen MR) is 294 cm³/mol. The Labute approximate surface area is 443 Å². The molecular weight excluding hydrogens is 1080 g/mol. The van der Waals surface area contributed by atoms with Crippen LogP contribution in [0.1, 0.15) is 26.3 Å². The van der Waals surface area contributed by atoms with Crippen molar-refractivity contribution in [2.45, 2.75) is 20.1 Å². The van der Waals surface area contributed by atoms with Crippen LogP contribution in [0.4, 0.5) is 5.69 Å². The van der Waals surface area contributed by atoms with Crippen LogP contribution in [0.5, 0.6) is 0 Å². The van der Waals surface area contributed by atoms with Gasteiger partial charge in [-0.2, -0.15) is 5.10 Å². The van der Waals surface area contributed by atoms with E-state index in [2.05, 4.69) is 41.1 Å². The Hall–Kier alpha value is -6.29. The van der Waals surface area contributed by atoms with Gasteiger partial charge in [-0.15, -0.1) is 11.6 Å². The van der Waals surface area contributed by atoms with Gasteiger partial charge in [0.05, 0.1) is 32.9 Å². The average molecular weight is 1140 g/mol. The number of fused-ring (bicyclic) bond motifs is 3. The van der Waals surface area contributed by atoms with Gasteiger partial charge in [0, 0.05) is 70.4 Å². The Kier molecular flexibility index (Phi) is 23.4. The number of ether oxygens (including phenoxy) is 1. The summed E-state index contributed by atoms with van der Waals surface area (Å²) >= 11 is 14.5. The molecule has 73 heavy (non-hydrogen) atoms. The summed E-state index contributed by atoms with van der Waals surface area (Å²) in [5.41, 5.74) is 7.52. The third-order valence-electron chi connectivity index (χ3n) is 10.3. The minimum Gasteiger partial charge on any atom is -0.465 e. The summed E-state index contributed by atoms with van der Waals surface area (Å²) in [5, 5.41) is 24.6. The van der Waals surface area contributed by atoms with Crippen LogP contribution in [-0.2, 0) is 29.7 Å². The highest BCUT2D eigenvalue weighted by molar-refractivity contribution is 9.08. The Morgan fingerprint density at radius 2 is 1.29 bits per heavy atom. The number of benzene rings is 7. The number of nitrogens with zero attached hydrogens (tertiary/aromatic N) is 4. The first-order valence-electron chi connectivity index (χ1n) is 22.2. The largest absolute Gasteiger partial charge is 0.465 e. The van der Waals surface area contributed by atoms with Crippen molar-refractivity contribution in [3.05, 3.63) is 183 Å². The Morgan fingerprint density at radius 1 is 0.740 bits per heavy atom.